The Kier molecular flexibility index (Phi) is 4.88. The summed E-state index contributed by atoms with van der Waals surface area (Å²) >= 11 is 0. The molecule has 27 heavy (non-hydrogen) atoms. The summed E-state index contributed by atoms with van der Waals surface area (Å²) in [5.41, 5.74) is 4.77. The van der Waals surface area contributed by atoms with E-state index < -0.39 is 0 Å². The molecule has 6 nitrogen and oxygen atoms in total. The van der Waals surface area contributed by atoms with Crippen LogP contribution >= 0.6 is 0 Å². The zero-order valence-corrected chi connectivity index (χ0v) is 16.2. The van der Waals surface area contributed by atoms with E-state index in [4.69, 9.17) is 4.98 Å². The third-order valence-electron chi connectivity index (χ3n) is 6.31. The highest BCUT2D eigenvalue weighted by molar-refractivity contribution is 5.34. The molecule has 3 heterocycles. The molecule has 0 radical (unpaired) electrons. The quantitative estimate of drug-likeness (QED) is 0.907. The highest BCUT2D eigenvalue weighted by Crippen LogP contribution is 2.31. The molecule has 0 saturated heterocycles. The molecular weight excluding hydrogens is 338 g/mol. The normalized spacial score (nSPS) is 18.3. The second-order valence-electron chi connectivity index (χ2n) is 7.98. The smallest absolute Gasteiger partial charge is 0.255 e. The number of hydrogen-bond donors (Lipinski definition) is 1. The average Bonchev–Trinajstić information content (AvgIpc) is 2.97. The van der Waals surface area contributed by atoms with Crippen LogP contribution in [0, 0.1) is 18.3 Å². The first-order chi connectivity index (χ1) is 13.1. The van der Waals surface area contributed by atoms with Crippen molar-refractivity contribution in [3.05, 3.63) is 50.5 Å². The molecule has 0 spiro atoms. The summed E-state index contributed by atoms with van der Waals surface area (Å²) < 4.78 is 1.93. The lowest BCUT2D eigenvalue weighted by Crippen LogP contribution is -2.36. The van der Waals surface area contributed by atoms with Crippen molar-refractivity contribution in [1.29, 1.82) is 5.26 Å². The van der Waals surface area contributed by atoms with Gasteiger partial charge in [-0.05, 0) is 31.4 Å². The maximum atomic E-state index is 12.7. The number of aromatic amines is 1. The number of nitrogens with zero attached hydrogens (tertiary/aromatic N) is 4. The van der Waals surface area contributed by atoms with Gasteiger partial charge in [-0.25, -0.2) is 4.98 Å². The van der Waals surface area contributed by atoms with Crippen LogP contribution in [-0.2, 0) is 26.6 Å². The second-order valence-corrected chi connectivity index (χ2v) is 7.98. The van der Waals surface area contributed by atoms with Gasteiger partial charge in [0, 0.05) is 44.7 Å². The summed E-state index contributed by atoms with van der Waals surface area (Å²) in [6.07, 6.45) is 6.87. The Bertz CT molecular complexity index is 943. The fraction of sp³-hybridized carbons (Fsp3) is 0.571. The molecule has 0 bridgehead atoms. The van der Waals surface area contributed by atoms with Gasteiger partial charge in [-0.3, -0.25) is 9.69 Å². The predicted octanol–water partition coefficient (Wildman–Crippen LogP) is 2.89. The van der Waals surface area contributed by atoms with Crippen LogP contribution in [0.25, 0.3) is 0 Å². The van der Waals surface area contributed by atoms with Crippen LogP contribution in [0.2, 0.25) is 0 Å². The topological polar surface area (TPSA) is 77.7 Å². The molecule has 1 aliphatic heterocycles. The Morgan fingerprint density at radius 3 is 2.81 bits per heavy atom. The molecule has 4 rings (SSSR count). The Morgan fingerprint density at radius 2 is 2.11 bits per heavy atom. The molecule has 2 aromatic heterocycles. The van der Waals surface area contributed by atoms with Gasteiger partial charge < -0.3 is 9.55 Å². The van der Waals surface area contributed by atoms with Crippen molar-refractivity contribution in [2.75, 3.05) is 6.54 Å². The third-order valence-corrected chi connectivity index (χ3v) is 6.31. The predicted molar refractivity (Wildman–Crippen MR) is 103 cm³/mol. The number of hydrogen-bond acceptors (Lipinski definition) is 4. The summed E-state index contributed by atoms with van der Waals surface area (Å²) in [5, 5.41) is 9.22. The first-order valence-corrected chi connectivity index (χ1v) is 9.96. The van der Waals surface area contributed by atoms with E-state index in [2.05, 4.69) is 16.0 Å². The molecule has 2 aliphatic rings. The number of nitrogens with one attached hydrogen (secondary N) is 1. The molecular formula is C21H27N5O. The standard InChI is InChI=1S/C21H27N5O/c1-14-16(10-17(11-22)25(14)2)12-26-9-8-19-18(13-26)21(27)24-20(23-19)15-6-4-3-5-7-15/h10,15H,3-9,12-13H2,1-2H3,(H,23,24,27). The highest BCUT2D eigenvalue weighted by Gasteiger charge is 2.25. The van der Waals surface area contributed by atoms with Gasteiger partial charge >= 0.3 is 0 Å². The van der Waals surface area contributed by atoms with Gasteiger partial charge in [0.15, 0.2) is 0 Å². The Labute approximate surface area is 159 Å². The molecule has 0 atom stereocenters. The van der Waals surface area contributed by atoms with E-state index in [0.29, 0.717) is 18.2 Å². The summed E-state index contributed by atoms with van der Waals surface area (Å²) in [6.45, 7) is 4.31. The van der Waals surface area contributed by atoms with E-state index in [0.717, 1.165) is 60.7 Å². The van der Waals surface area contributed by atoms with E-state index in [1.807, 2.05) is 24.6 Å². The molecule has 1 fully saturated rings. The van der Waals surface area contributed by atoms with Crippen molar-refractivity contribution >= 4 is 0 Å². The molecule has 0 unspecified atom stereocenters. The van der Waals surface area contributed by atoms with Crippen molar-refractivity contribution < 1.29 is 0 Å². The molecule has 1 aliphatic carbocycles. The van der Waals surface area contributed by atoms with E-state index in [1.54, 1.807) is 0 Å². The molecule has 0 aromatic carbocycles. The summed E-state index contributed by atoms with van der Waals surface area (Å²) in [5.74, 6) is 1.33. The number of H-pyrrole nitrogens is 1. The van der Waals surface area contributed by atoms with Crippen molar-refractivity contribution in [2.45, 2.75) is 64.5 Å². The van der Waals surface area contributed by atoms with Crippen LogP contribution < -0.4 is 5.56 Å². The largest absolute Gasteiger partial charge is 0.340 e. The van der Waals surface area contributed by atoms with E-state index in [1.165, 1.54) is 19.3 Å². The molecule has 142 valence electrons. The molecule has 1 saturated carbocycles. The zero-order valence-electron chi connectivity index (χ0n) is 16.2. The second kappa shape index (κ2) is 7.32. The lowest BCUT2D eigenvalue weighted by Gasteiger charge is -2.29. The first kappa shape index (κ1) is 18.0. The van der Waals surface area contributed by atoms with Crippen LogP contribution in [0.1, 0.15) is 72.1 Å². The van der Waals surface area contributed by atoms with Crippen molar-refractivity contribution in [1.82, 2.24) is 19.4 Å². The SMILES string of the molecule is Cc1c(CN2CCc3nc(C4CCCCC4)[nH]c(=O)c3C2)cc(C#N)n1C. The van der Waals surface area contributed by atoms with Crippen molar-refractivity contribution in [2.24, 2.45) is 7.05 Å². The van der Waals surface area contributed by atoms with Crippen LogP contribution in [0.5, 0.6) is 0 Å². The number of aromatic nitrogens is 3. The van der Waals surface area contributed by atoms with Gasteiger partial charge in [-0.2, -0.15) is 5.26 Å². The average molecular weight is 365 g/mol. The Hall–Kier alpha value is -2.39. The lowest BCUT2D eigenvalue weighted by atomic mass is 9.88. The summed E-state index contributed by atoms with van der Waals surface area (Å²) in [6, 6.07) is 4.19. The minimum absolute atomic E-state index is 0.0350. The molecule has 6 heteroatoms. The van der Waals surface area contributed by atoms with Crippen LogP contribution in [0.4, 0.5) is 0 Å². The van der Waals surface area contributed by atoms with E-state index in [-0.39, 0.29) is 5.56 Å². The first-order valence-electron chi connectivity index (χ1n) is 9.96. The van der Waals surface area contributed by atoms with Gasteiger partial charge in [0.25, 0.3) is 5.56 Å². The summed E-state index contributed by atoms with van der Waals surface area (Å²) in [7, 11) is 1.92. The minimum Gasteiger partial charge on any atom is -0.340 e. The van der Waals surface area contributed by atoms with Gasteiger partial charge in [0.05, 0.1) is 11.3 Å². The minimum atomic E-state index is 0.0350. The molecule has 1 N–H and O–H groups in total. The van der Waals surface area contributed by atoms with Crippen molar-refractivity contribution in [3.8, 4) is 6.07 Å². The Morgan fingerprint density at radius 1 is 1.33 bits per heavy atom. The van der Waals surface area contributed by atoms with Crippen LogP contribution in [-0.4, -0.2) is 26.0 Å². The number of fused-ring (bicyclic) bond motifs is 1. The third kappa shape index (κ3) is 3.44. The fourth-order valence-electron chi connectivity index (χ4n) is 4.48. The van der Waals surface area contributed by atoms with E-state index >= 15 is 0 Å². The van der Waals surface area contributed by atoms with Crippen LogP contribution in [0.3, 0.4) is 0 Å². The maximum absolute atomic E-state index is 12.7. The fourth-order valence-corrected chi connectivity index (χ4v) is 4.48. The number of nitriles is 1. The van der Waals surface area contributed by atoms with Gasteiger partial charge in [-0.15, -0.1) is 0 Å². The maximum Gasteiger partial charge on any atom is 0.255 e. The lowest BCUT2D eigenvalue weighted by molar-refractivity contribution is 0.240. The molecule has 2 aromatic rings. The van der Waals surface area contributed by atoms with Gasteiger partial charge in [-0.1, -0.05) is 19.3 Å². The Balaban J connectivity index is 1.53. The number of rotatable bonds is 3. The molecule has 0 amide bonds. The monoisotopic (exact) mass is 365 g/mol. The summed E-state index contributed by atoms with van der Waals surface area (Å²) in [4.78, 5) is 22.9. The zero-order chi connectivity index (χ0) is 19.0. The van der Waals surface area contributed by atoms with Gasteiger partial charge in [0.1, 0.15) is 17.6 Å². The van der Waals surface area contributed by atoms with Crippen molar-refractivity contribution in [3.63, 3.8) is 0 Å². The highest BCUT2D eigenvalue weighted by atomic mass is 16.1. The van der Waals surface area contributed by atoms with Crippen LogP contribution in [0.15, 0.2) is 10.9 Å². The van der Waals surface area contributed by atoms with Gasteiger partial charge in [0.2, 0.25) is 0 Å². The van der Waals surface area contributed by atoms with E-state index in [9.17, 15) is 10.1 Å².